The van der Waals surface area contributed by atoms with Gasteiger partial charge in [-0.3, -0.25) is 0 Å². The molecule has 1 aliphatic heterocycles. The van der Waals surface area contributed by atoms with Gasteiger partial charge in [0, 0.05) is 5.70 Å². The van der Waals surface area contributed by atoms with Crippen LogP contribution in [0.25, 0.3) is 0 Å². The molecule has 0 bridgehead atoms. The van der Waals surface area contributed by atoms with Gasteiger partial charge in [0.05, 0.1) is 0 Å². The molecule has 0 aliphatic carbocycles. The fourth-order valence-corrected chi connectivity index (χ4v) is 0.790. The third-order valence-electron chi connectivity index (χ3n) is 1.30. The van der Waals surface area contributed by atoms with Gasteiger partial charge >= 0.3 is 0 Å². The molecule has 0 aromatic heterocycles. The molecule has 1 rings (SSSR count). The number of allylic oxidation sites excluding steroid dienone is 2. The molecule has 0 saturated heterocycles. The van der Waals surface area contributed by atoms with E-state index in [9.17, 15) is 0 Å². The Bertz CT molecular complexity index is 114. The molecule has 1 heterocycles. The van der Waals surface area contributed by atoms with Crippen LogP contribution in [0.5, 0.6) is 0 Å². The number of hydrogen-bond donors (Lipinski definition) is 1. The minimum atomic E-state index is 0.176. The van der Waals surface area contributed by atoms with E-state index in [1.165, 1.54) is 0 Å². The average Bonchev–Trinajstić information content (AvgIpc) is 1.85. The van der Waals surface area contributed by atoms with Crippen molar-refractivity contribution in [2.45, 2.75) is 27.0 Å². The average molecular weight is 113 g/mol. The second kappa shape index (κ2) is 1.69. The van der Waals surface area contributed by atoms with Crippen molar-refractivity contribution in [1.29, 1.82) is 0 Å². The summed E-state index contributed by atoms with van der Waals surface area (Å²) in [6.07, 6.45) is 0.176. The zero-order valence-corrected chi connectivity index (χ0v) is 5.49. The molecule has 1 unspecified atom stereocenters. The van der Waals surface area contributed by atoms with Crippen LogP contribution in [0.1, 0.15) is 20.8 Å². The highest BCUT2D eigenvalue weighted by Crippen LogP contribution is 2.12. The normalized spacial score (nSPS) is 27.6. The highest BCUT2D eigenvalue weighted by atomic mass is 16.5. The number of hydrogen-bond acceptors (Lipinski definition) is 2. The van der Waals surface area contributed by atoms with Crippen LogP contribution in [-0.2, 0) is 4.74 Å². The van der Waals surface area contributed by atoms with Gasteiger partial charge in [0.2, 0.25) is 0 Å². The van der Waals surface area contributed by atoms with E-state index in [0.717, 1.165) is 11.5 Å². The predicted octanol–water partition coefficient (Wildman–Crippen LogP) is 1.20. The third kappa shape index (κ3) is 0.782. The molecule has 0 saturated carbocycles. The van der Waals surface area contributed by atoms with Crippen LogP contribution in [0, 0.1) is 0 Å². The lowest BCUT2D eigenvalue weighted by atomic mass is 10.4. The molecular weight excluding hydrogens is 102 g/mol. The summed E-state index contributed by atoms with van der Waals surface area (Å²) in [5.74, 6) is 1.01. The van der Waals surface area contributed by atoms with Crippen LogP contribution < -0.4 is 5.32 Å². The Morgan fingerprint density at radius 1 is 1.50 bits per heavy atom. The largest absolute Gasteiger partial charge is 0.474 e. The maximum atomic E-state index is 5.24. The Morgan fingerprint density at radius 2 is 2.12 bits per heavy atom. The van der Waals surface area contributed by atoms with Gasteiger partial charge in [-0.05, 0) is 20.8 Å². The van der Waals surface area contributed by atoms with E-state index in [4.69, 9.17) is 4.74 Å². The minimum Gasteiger partial charge on any atom is -0.474 e. The topological polar surface area (TPSA) is 21.3 Å². The first kappa shape index (κ1) is 5.48. The number of rotatable bonds is 0. The molecule has 0 radical (unpaired) electrons. The molecule has 0 spiro atoms. The SMILES string of the molecule is CC1=C(C)OC(C)N1. The quantitative estimate of drug-likeness (QED) is 0.509. The molecule has 2 nitrogen and oxygen atoms in total. The first-order valence-electron chi connectivity index (χ1n) is 2.81. The lowest BCUT2D eigenvalue weighted by Gasteiger charge is -2.03. The Morgan fingerprint density at radius 3 is 2.25 bits per heavy atom. The zero-order chi connectivity index (χ0) is 6.15. The Kier molecular flexibility index (Phi) is 1.16. The fourth-order valence-electron chi connectivity index (χ4n) is 0.790. The zero-order valence-electron chi connectivity index (χ0n) is 5.49. The third-order valence-corrected chi connectivity index (χ3v) is 1.30. The van der Waals surface area contributed by atoms with Crippen LogP contribution in [0.3, 0.4) is 0 Å². The highest BCUT2D eigenvalue weighted by molar-refractivity contribution is 5.05. The first-order valence-corrected chi connectivity index (χ1v) is 2.81. The second-order valence-corrected chi connectivity index (χ2v) is 2.09. The van der Waals surface area contributed by atoms with Crippen LogP contribution in [0.2, 0.25) is 0 Å². The molecule has 46 valence electrons. The summed E-state index contributed by atoms with van der Waals surface area (Å²) in [5, 5.41) is 3.12. The molecular formula is C6H11NO. The maximum Gasteiger partial charge on any atom is 0.166 e. The second-order valence-electron chi connectivity index (χ2n) is 2.09. The van der Waals surface area contributed by atoms with Gasteiger partial charge in [-0.2, -0.15) is 0 Å². The van der Waals surface area contributed by atoms with Gasteiger partial charge in [0.1, 0.15) is 5.76 Å². The van der Waals surface area contributed by atoms with Gasteiger partial charge in [-0.15, -0.1) is 0 Å². The summed E-state index contributed by atoms with van der Waals surface area (Å²) in [4.78, 5) is 0. The smallest absolute Gasteiger partial charge is 0.166 e. The molecule has 8 heavy (non-hydrogen) atoms. The molecule has 2 heteroatoms. The molecule has 1 N–H and O–H groups in total. The van der Waals surface area contributed by atoms with E-state index in [1.807, 2.05) is 20.8 Å². The molecule has 0 aromatic rings. The number of nitrogens with one attached hydrogen (secondary N) is 1. The van der Waals surface area contributed by atoms with Gasteiger partial charge in [-0.1, -0.05) is 0 Å². The van der Waals surface area contributed by atoms with Crippen molar-refractivity contribution in [1.82, 2.24) is 5.32 Å². The molecule has 1 aliphatic rings. The summed E-state index contributed by atoms with van der Waals surface area (Å²) < 4.78 is 5.24. The van der Waals surface area contributed by atoms with Crippen molar-refractivity contribution >= 4 is 0 Å². The van der Waals surface area contributed by atoms with Crippen LogP contribution >= 0.6 is 0 Å². The van der Waals surface area contributed by atoms with Crippen molar-refractivity contribution < 1.29 is 4.74 Å². The monoisotopic (exact) mass is 113 g/mol. The predicted molar refractivity (Wildman–Crippen MR) is 32.1 cm³/mol. The summed E-state index contributed by atoms with van der Waals surface area (Å²) in [6, 6.07) is 0. The van der Waals surface area contributed by atoms with Gasteiger partial charge < -0.3 is 10.1 Å². The summed E-state index contributed by atoms with van der Waals surface area (Å²) in [6.45, 7) is 5.96. The molecule has 0 aromatic carbocycles. The van der Waals surface area contributed by atoms with Crippen molar-refractivity contribution in [3.63, 3.8) is 0 Å². The van der Waals surface area contributed by atoms with Crippen molar-refractivity contribution in [3.05, 3.63) is 11.5 Å². The van der Waals surface area contributed by atoms with Crippen molar-refractivity contribution in [2.75, 3.05) is 0 Å². The van der Waals surface area contributed by atoms with E-state index in [-0.39, 0.29) is 6.23 Å². The van der Waals surface area contributed by atoms with E-state index in [2.05, 4.69) is 5.32 Å². The van der Waals surface area contributed by atoms with Crippen LogP contribution in [-0.4, -0.2) is 6.23 Å². The fraction of sp³-hybridized carbons (Fsp3) is 0.667. The molecule has 1 atom stereocenters. The summed E-state index contributed by atoms with van der Waals surface area (Å²) >= 11 is 0. The highest BCUT2D eigenvalue weighted by Gasteiger charge is 2.12. The van der Waals surface area contributed by atoms with Gasteiger partial charge in [-0.25, -0.2) is 0 Å². The molecule has 0 fully saturated rings. The molecule has 0 amide bonds. The Labute approximate surface area is 49.5 Å². The Hall–Kier alpha value is -0.660. The van der Waals surface area contributed by atoms with E-state index in [1.54, 1.807) is 0 Å². The summed E-state index contributed by atoms with van der Waals surface area (Å²) in [5.41, 5.74) is 1.15. The summed E-state index contributed by atoms with van der Waals surface area (Å²) in [7, 11) is 0. The van der Waals surface area contributed by atoms with Crippen molar-refractivity contribution in [2.24, 2.45) is 0 Å². The number of ether oxygens (including phenoxy) is 1. The first-order chi connectivity index (χ1) is 3.70. The van der Waals surface area contributed by atoms with E-state index >= 15 is 0 Å². The lowest BCUT2D eigenvalue weighted by Crippen LogP contribution is -2.18. The lowest BCUT2D eigenvalue weighted by molar-refractivity contribution is 0.146. The Balaban J connectivity index is 2.60. The van der Waals surface area contributed by atoms with E-state index in [0.29, 0.717) is 0 Å². The minimum absolute atomic E-state index is 0.176. The van der Waals surface area contributed by atoms with Gasteiger partial charge in [0.25, 0.3) is 0 Å². The van der Waals surface area contributed by atoms with Gasteiger partial charge in [0.15, 0.2) is 6.23 Å². The van der Waals surface area contributed by atoms with E-state index < -0.39 is 0 Å². The maximum absolute atomic E-state index is 5.24. The van der Waals surface area contributed by atoms with Crippen molar-refractivity contribution in [3.8, 4) is 0 Å². The standard InChI is InChI=1S/C6H11NO/c1-4-5(2)8-6(3)7-4/h6-7H,1-3H3. The van der Waals surface area contributed by atoms with Crippen LogP contribution in [0.4, 0.5) is 0 Å². The van der Waals surface area contributed by atoms with Crippen LogP contribution in [0.15, 0.2) is 11.5 Å².